The highest BCUT2D eigenvalue weighted by atomic mass is 79.9. The first-order valence-electron chi connectivity index (χ1n) is 5.62. The fourth-order valence-electron chi connectivity index (χ4n) is 2.64. The summed E-state index contributed by atoms with van der Waals surface area (Å²) in [6.07, 6.45) is 4.74. The summed E-state index contributed by atoms with van der Waals surface area (Å²) in [6.45, 7) is 0.667. The van der Waals surface area contributed by atoms with E-state index in [4.69, 9.17) is 11.0 Å². The Bertz CT molecular complexity index is 428. The molecule has 0 aromatic heterocycles. The van der Waals surface area contributed by atoms with Crippen LogP contribution in [0.4, 0.5) is 0 Å². The number of nitrogens with zero attached hydrogens (tertiary/aromatic N) is 1. The van der Waals surface area contributed by atoms with Crippen LogP contribution in [0.25, 0.3) is 0 Å². The maximum atomic E-state index is 8.96. The fourth-order valence-corrected chi connectivity index (χ4v) is 3.30. The van der Waals surface area contributed by atoms with Crippen molar-refractivity contribution in [3.05, 3.63) is 33.8 Å². The van der Waals surface area contributed by atoms with Crippen molar-refractivity contribution in [1.29, 1.82) is 5.26 Å². The number of nitrogens with two attached hydrogens (primary N) is 1. The van der Waals surface area contributed by atoms with Crippen molar-refractivity contribution in [2.75, 3.05) is 6.54 Å². The Hall–Kier alpha value is -0.850. The molecule has 1 aromatic rings. The van der Waals surface area contributed by atoms with E-state index in [2.05, 4.69) is 22.0 Å². The lowest BCUT2D eigenvalue weighted by molar-refractivity contribution is 0.451. The zero-order valence-corrected chi connectivity index (χ0v) is 10.8. The second-order valence-corrected chi connectivity index (χ2v) is 5.35. The van der Waals surface area contributed by atoms with Crippen LogP contribution in [0.5, 0.6) is 0 Å². The van der Waals surface area contributed by atoms with Crippen LogP contribution in [0.3, 0.4) is 0 Å². The normalized spacial score (nSPS) is 18.3. The molecule has 3 heteroatoms. The zero-order chi connectivity index (χ0) is 11.6. The van der Waals surface area contributed by atoms with Gasteiger partial charge in [-0.15, -0.1) is 0 Å². The minimum absolute atomic E-state index is 0.0890. The highest BCUT2D eigenvalue weighted by Crippen LogP contribution is 2.43. The van der Waals surface area contributed by atoms with Gasteiger partial charge < -0.3 is 5.73 Å². The molecule has 1 aliphatic carbocycles. The minimum atomic E-state index is 0.0890. The van der Waals surface area contributed by atoms with E-state index in [1.807, 2.05) is 18.2 Å². The highest BCUT2D eigenvalue weighted by Gasteiger charge is 2.35. The molecule has 1 fully saturated rings. The van der Waals surface area contributed by atoms with Gasteiger partial charge in [-0.1, -0.05) is 28.8 Å². The number of benzene rings is 1. The third-order valence-corrected chi connectivity index (χ3v) is 4.31. The summed E-state index contributed by atoms with van der Waals surface area (Å²) in [6, 6.07) is 7.99. The molecule has 0 spiro atoms. The van der Waals surface area contributed by atoms with Crippen molar-refractivity contribution in [2.45, 2.75) is 31.1 Å². The summed E-state index contributed by atoms with van der Waals surface area (Å²) >= 11 is 3.58. The Morgan fingerprint density at radius 3 is 2.62 bits per heavy atom. The van der Waals surface area contributed by atoms with Gasteiger partial charge in [-0.05, 0) is 36.6 Å². The standard InChI is InChI=1S/C13H15BrN2/c14-12-4-3-10(8-15)7-11(12)13(9-16)5-1-2-6-13/h3-4,7H,1-2,5-6,9,16H2. The molecule has 0 unspecified atom stereocenters. The number of rotatable bonds is 2. The molecule has 0 aliphatic heterocycles. The lowest BCUT2D eigenvalue weighted by Crippen LogP contribution is -2.32. The molecule has 0 amide bonds. The minimum Gasteiger partial charge on any atom is -0.330 e. The molecule has 0 atom stereocenters. The molecule has 1 aromatic carbocycles. The molecule has 2 nitrogen and oxygen atoms in total. The van der Waals surface area contributed by atoms with Crippen LogP contribution in [-0.4, -0.2) is 6.54 Å². The Labute approximate surface area is 105 Å². The number of halogens is 1. The average molecular weight is 279 g/mol. The van der Waals surface area contributed by atoms with Crippen molar-refractivity contribution >= 4 is 15.9 Å². The molecule has 2 rings (SSSR count). The Morgan fingerprint density at radius 2 is 2.06 bits per heavy atom. The summed E-state index contributed by atoms with van der Waals surface area (Å²) in [5.74, 6) is 0. The van der Waals surface area contributed by atoms with E-state index in [1.54, 1.807) is 0 Å². The number of hydrogen-bond acceptors (Lipinski definition) is 2. The second kappa shape index (κ2) is 4.57. The highest BCUT2D eigenvalue weighted by molar-refractivity contribution is 9.10. The van der Waals surface area contributed by atoms with E-state index in [0.29, 0.717) is 6.54 Å². The van der Waals surface area contributed by atoms with E-state index in [-0.39, 0.29) is 5.41 Å². The summed E-state index contributed by atoms with van der Waals surface area (Å²) in [5, 5.41) is 8.96. The molecular weight excluding hydrogens is 264 g/mol. The second-order valence-electron chi connectivity index (χ2n) is 4.50. The topological polar surface area (TPSA) is 49.8 Å². The molecule has 0 bridgehead atoms. The maximum absolute atomic E-state index is 8.96. The van der Waals surface area contributed by atoms with Gasteiger partial charge in [0.25, 0.3) is 0 Å². The van der Waals surface area contributed by atoms with Gasteiger partial charge >= 0.3 is 0 Å². The smallest absolute Gasteiger partial charge is 0.0991 e. The van der Waals surface area contributed by atoms with Gasteiger partial charge in [0.1, 0.15) is 0 Å². The largest absolute Gasteiger partial charge is 0.330 e. The van der Waals surface area contributed by atoms with Crippen LogP contribution in [0, 0.1) is 11.3 Å². The summed E-state index contributed by atoms with van der Waals surface area (Å²) in [4.78, 5) is 0. The van der Waals surface area contributed by atoms with Crippen LogP contribution in [0.1, 0.15) is 36.8 Å². The Morgan fingerprint density at radius 1 is 1.38 bits per heavy atom. The average Bonchev–Trinajstić information content (AvgIpc) is 2.79. The van der Waals surface area contributed by atoms with Crippen LogP contribution in [0.2, 0.25) is 0 Å². The molecular formula is C13H15BrN2. The van der Waals surface area contributed by atoms with Gasteiger partial charge in [-0.3, -0.25) is 0 Å². The van der Waals surface area contributed by atoms with Crippen molar-refractivity contribution in [3.63, 3.8) is 0 Å². The Kier molecular flexibility index (Phi) is 3.32. The van der Waals surface area contributed by atoms with Gasteiger partial charge in [-0.2, -0.15) is 5.26 Å². The predicted molar refractivity (Wildman–Crippen MR) is 68.1 cm³/mol. The van der Waals surface area contributed by atoms with Crippen molar-refractivity contribution in [2.24, 2.45) is 5.73 Å². The summed E-state index contributed by atoms with van der Waals surface area (Å²) in [7, 11) is 0. The summed E-state index contributed by atoms with van der Waals surface area (Å²) in [5.41, 5.74) is 7.98. The number of hydrogen-bond donors (Lipinski definition) is 1. The van der Waals surface area contributed by atoms with Crippen LogP contribution >= 0.6 is 15.9 Å². The molecule has 1 aliphatic rings. The predicted octanol–water partition coefficient (Wildman–Crippen LogP) is 3.09. The lowest BCUT2D eigenvalue weighted by Gasteiger charge is -2.29. The molecule has 84 valence electrons. The van der Waals surface area contributed by atoms with Gasteiger partial charge in [-0.25, -0.2) is 0 Å². The number of nitriles is 1. The van der Waals surface area contributed by atoms with Crippen molar-refractivity contribution < 1.29 is 0 Å². The van der Waals surface area contributed by atoms with E-state index in [9.17, 15) is 0 Å². The first-order valence-corrected chi connectivity index (χ1v) is 6.41. The molecule has 2 N–H and O–H groups in total. The Balaban J connectivity index is 2.49. The van der Waals surface area contributed by atoms with Crippen LogP contribution < -0.4 is 5.73 Å². The molecule has 0 saturated heterocycles. The van der Waals surface area contributed by atoms with Gasteiger partial charge in [0.2, 0.25) is 0 Å². The van der Waals surface area contributed by atoms with E-state index in [1.165, 1.54) is 18.4 Å². The van der Waals surface area contributed by atoms with Gasteiger partial charge in [0.05, 0.1) is 11.6 Å². The van der Waals surface area contributed by atoms with E-state index >= 15 is 0 Å². The van der Waals surface area contributed by atoms with E-state index < -0.39 is 0 Å². The molecule has 0 radical (unpaired) electrons. The third kappa shape index (κ3) is 1.88. The SMILES string of the molecule is N#Cc1ccc(Br)c(C2(CN)CCCC2)c1. The maximum Gasteiger partial charge on any atom is 0.0991 e. The first-order chi connectivity index (χ1) is 7.72. The lowest BCUT2D eigenvalue weighted by atomic mass is 9.78. The first kappa shape index (κ1) is 11.6. The molecule has 0 heterocycles. The van der Waals surface area contributed by atoms with Crippen molar-refractivity contribution in [1.82, 2.24) is 0 Å². The van der Waals surface area contributed by atoms with E-state index in [0.717, 1.165) is 22.9 Å². The molecule has 1 saturated carbocycles. The fraction of sp³-hybridized carbons (Fsp3) is 0.462. The monoisotopic (exact) mass is 278 g/mol. The zero-order valence-electron chi connectivity index (χ0n) is 9.17. The van der Waals surface area contributed by atoms with Crippen molar-refractivity contribution in [3.8, 4) is 6.07 Å². The van der Waals surface area contributed by atoms with Crippen LogP contribution in [0.15, 0.2) is 22.7 Å². The van der Waals surface area contributed by atoms with Crippen LogP contribution in [-0.2, 0) is 5.41 Å². The molecule has 16 heavy (non-hydrogen) atoms. The quantitative estimate of drug-likeness (QED) is 0.904. The van der Waals surface area contributed by atoms with Gasteiger partial charge in [0, 0.05) is 16.4 Å². The summed E-state index contributed by atoms with van der Waals surface area (Å²) < 4.78 is 1.08. The third-order valence-electron chi connectivity index (χ3n) is 3.62. The van der Waals surface area contributed by atoms with Gasteiger partial charge in [0.15, 0.2) is 0 Å².